The van der Waals surface area contributed by atoms with E-state index >= 15 is 0 Å². The van der Waals surface area contributed by atoms with Crippen molar-refractivity contribution in [3.05, 3.63) is 243 Å². The van der Waals surface area contributed by atoms with E-state index in [-0.39, 0.29) is 0 Å². The van der Waals surface area contributed by atoms with E-state index in [0.717, 1.165) is 61.1 Å². The molecule has 2 aromatic heterocycles. The van der Waals surface area contributed by atoms with E-state index in [0.29, 0.717) is 0 Å². The molecule has 11 aromatic carbocycles. The Kier molecular flexibility index (Phi) is 9.14. The van der Waals surface area contributed by atoms with Gasteiger partial charge in [0.25, 0.3) is 0 Å². The lowest BCUT2D eigenvalue weighted by molar-refractivity contribution is 0.766. The third kappa shape index (κ3) is 6.65. The van der Waals surface area contributed by atoms with Gasteiger partial charge >= 0.3 is 0 Å². The second-order valence-electron chi connectivity index (χ2n) is 17.2. The molecule has 0 radical (unpaired) electrons. The monoisotopic (exact) mass is 852 g/mol. The van der Waals surface area contributed by atoms with Gasteiger partial charge in [0.2, 0.25) is 0 Å². The number of hydrogen-bond donors (Lipinski definition) is 0. The summed E-state index contributed by atoms with van der Waals surface area (Å²) in [6, 6.07) is 82.8. The first kappa shape index (κ1) is 38.5. The van der Waals surface area contributed by atoms with E-state index in [1.165, 1.54) is 65.5 Å². The van der Waals surface area contributed by atoms with E-state index in [1.54, 1.807) is 0 Å². The van der Waals surface area contributed by atoms with Crippen molar-refractivity contribution in [3.8, 4) is 72.4 Å². The number of nitrogens with zero attached hydrogens (tertiary/aromatic N) is 4. The molecule has 13 rings (SSSR count). The van der Waals surface area contributed by atoms with Gasteiger partial charge in [0.15, 0.2) is 0 Å². The van der Waals surface area contributed by atoms with Crippen molar-refractivity contribution in [2.24, 2.45) is 0 Å². The molecule has 0 aliphatic carbocycles. The van der Waals surface area contributed by atoms with Gasteiger partial charge in [0, 0.05) is 23.5 Å². The summed E-state index contributed by atoms with van der Waals surface area (Å²) in [4.78, 5) is 6.31. The molecule has 0 N–H and O–H groups in total. The van der Waals surface area contributed by atoms with Gasteiger partial charge in [-0.1, -0.05) is 176 Å². The van der Waals surface area contributed by atoms with Crippen LogP contribution in [0.15, 0.2) is 243 Å². The molecular weight excluding hydrogens is 813 g/mol. The molecular formula is C63H40N4. The highest BCUT2D eigenvalue weighted by molar-refractivity contribution is 6.21. The summed E-state index contributed by atoms with van der Waals surface area (Å²) in [6.45, 7) is 0. The van der Waals surface area contributed by atoms with E-state index in [9.17, 15) is 0 Å². The van der Waals surface area contributed by atoms with Gasteiger partial charge < -0.3 is 0 Å². The quantitative estimate of drug-likeness (QED) is 0.150. The largest absolute Gasteiger partial charge is 0.264 e. The van der Waals surface area contributed by atoms with Crippen molar-refractivity contribution >= 4 is 54.1 Å². The molecule has 0 atom stereocenters. The Hall–Kier alpha value is -8.99. The standard InChI is InChI=1S/C63H40N4/c1-3-16-41(17-4-1)47-34-44-20-7-9-23-51(44)57(36-47)49-38-59(58-37-48(42-18-5-2-6-19-42)35-45-21-8-10-24-52(45)58)63-60(39-49)65-67(66-63)50-31-29-43(30-32-50)61-53-25-11-13-27-55(53)62(46-22-15-33-64-40-46)56-28-14-12-26-54(56)61/h1-40H. The predicted octanol–water partition coefficient (Wildman–Crippen LogP) is 16.4. The minimum absolute atomic E-state index is 0.822. The number of hydrogen-bond acceptors (Lipinski definition) is 3. The maximum Gasteiger partial charge on any atom is 0.121 e. The number of rotatable bonds is 7. The van der Waals surface area contributed by atoms with Crippen molar-refractivity contribution in [1.29, 1.82) is 0 Å². The Morgan fingerprint density at radius 1 is 0.299 bits per heavy atom. The summed E-state index contributed by atoms with van der Waals surface area (Å²) in [5.74, 6) is 0. The minimum Gasteiger partial charge on any atom is -0.264 e. The molecule has 0 bridgehead atoms. The average molecular weight is 853 g/mol. The molecule has 0 fully saturated rings. The first-order valence-electron chi connectivity index (χ1n) is 22.7. The van der Waals surface area contributed by atoms with Crippen molar-refractivity contribution in [2.75, 3.05) is 0 Å². The Morgan fingerprint density at radius 3 is 1.34 bits per heavy atom. The van der Waals surface area contributed by atoms with Gasteiger partial charge in [-0.25, -0.2) is 0 Å². The van der Waals surface area contributed by atoms with Crippen molar-refractivity contribution in [2.45, 2.75) is 0 Å². The lowest BCUT2D eigenvalue weighted by Gasteiger charge is -2.17. The van der Waals surface area contributed by atoms with E-state index in [2.05, 4.69) is 229 Å². The fraction of sp³-hybridized carbons (Fsp3) is 0. The van der Waals surface area contributed by atoms with Crippen LogP contribution in [0.4, 0.5) is 0 Å². The van der Waals surface area contributed by atoms with Crippen LogP contribution >= 0.6 is 0 Å². The second-order valence-corrected chi connectivity index (χ2v) is 17.2. The summed E-state index contributed by atoms with van der Waals surface area (Å²) in [5.41, 5.74) is 16.2. The van der Waals surface area contributed by atoms with Crippen LogP contribution in [0, 0.1) is 0 Å². The summed E-state index contributed by atoms with van der Waals surface area (Å²) in [7, 11) is 0. The number of benzene rings is 11. The van der Waals surface area contributed by atoms with Crippen molar-refractivity contribution in [1.82, 2.24) is 20.0 Å². The lowest BCUT2D eigenvalue weighted by atomic mass is 9.86. The number of aromatic nitrogens is 4. The van der Waals surface area contributed by atoms with Crippen LogP contribution in [0.25, 0.3) is 127 Å². The molecule has 2 heterocycles. The third-order valence-corrected chi connectivity index (χ3v) is 13.3. The molecule has 13 aromatic rings. The Balaban J connectivity index is 1.02. The van der Waals surface area contributed by atoms with Crippen LogP contribution in [0.1, 0.15) is 0 Å². The zero-order chi connectivity index (χ0) is 44.3. The maximum absolute atomic E-state index is 5.38. The maximum atomic E-state index is 5.38. The van der Waals surface area contributed by atoms with E-state index in [1.807, 2.05) is 23.3 Å². The van der Waals surface area contributed by atoms with Crippen LogP contribution in [0.5, 0.6) is 0 Å². The fourth-order valence-corrected chi connectivity index (χ4v) is 10.2. The first-order chi connectivity index (χ1) is 33.2. The van der Waals surface area contributed by atoms with Crippen LogP contribution < -0.4 is 0 Å². The van der Waals surface area contributed by atoms with Gasteiger partial charge in [-0.05, 0) is 153 Å². The summed E-state index contributed by atoms with van der Waals surface area (Å²) in [6.07, 6.45) is 3.80. The molecule has 0 spiro atoms. The Bertz CT molecular complexity index is 3950. The predicted molar refractivity (Wildman–Crippen MR) is 279 cm³/mol. The highest BCUT2D eigenvalue weighted by Gasteiger charge is 2.20. The molecule has 0 aliphatic rings. The van der Waals surface area contributed by atoms with E-state index in [4.69, 9.17) is 10.2 Å². The van der Waals surface area contributed by atoms with E-state index < -0.39 is 0 Å². The molecule has 4 heteroatoms. The van der Waals surface area contributed by atoms with Crippen molar-refractivity contribution < 1.29 is 0 Å². The molecule has 67 heavy (non-hydrogen) atoms. The van der Waals surface area contributed by atoms with Crippen molar-refractivity contribution in [3.63, 3.8) is 0 Å². The van der Waals surface area contributed by atoms with Gasteiger partial charge in [0.05, 0.1) is 5.69 Å². The van der Waals surface area contributed by atoms with Gasteiger partial charge in [-0.15, -0.1) is 10.2 Å². The van der Waals surface area contributed by atoms with Gasteiger partial charge in [0.1, 0.15) is 11.0 Å². The third-order valence-electron chi connectivity index (χ3n) is 13.3. The Morgan fingerprint density at radius 2 is 0.776 bits per heavy atom. The molecule has 0 saturated heterocycles. The molecule has 4 nitrogen and oxygen atoms in total. The minimum atomic E-state index is 0.822. The SMILES string of the molecule is c1ccc(-c2cc(-c3cc(-c4cc(-c5ccccc5)cc5ccccc45)c4nn(-c5ccc(-c6c7ccccc7c(-c7cccnc7)c7ccccc67)cc5)nc4c3)c3ccccc3c2)cc1. The van der Waals surface area contributed by atoms with Gasteiger partial charge in [-0.3, -0.25) is 4.98 Å². The topological polar surface area (TPSA) is 43.6 Å². The molecule has 0 aliphatic heterocycles. The smallest absolute Gasteiger partial charge is 0.121 e. The van der Waals surface area contributed by atoms with Crippen LogP contribution in [-0.4, -0.2) is 20.0 Å². The fourth-order valence-electron chi connectivity index (χ4n) is 10.2. The summed E-state index contributed by atoms with van der Waals surface area (Å²) < 4.78 is 0. The molecule has 312 valence electrons. The normalized spacial score (nSPS) is 11.6. The first-order valence-corrected chi connectivity index (χ1v) is 22.7. The summed E-state index contributed by atoms with van der Waals surface area (Å²) >= 11 is 0. The van der Waals surface area contributed by atoms with Gasteiger partial charge in [-0.2, -0.15) is 4.80 Å². The summed E-state index contributed by atoms with van der Waals surface area (Å²) in [5, 5.41) is 20.2. The second kappa shape index (κ2) is 15.9. The molecule has 0 unspecified atom stereocenters. The average Bonchev–Trinajstić information content (AvgIpc) is 3.85. The van der Waals surface area contributed by atoms with Crippen LogP contribution in [0.2, 0.25) is 0 Å². The number of fused-ring (bicyclic) bond motifs is 5. The molecule has 0 amide bonds. The zero-order valence-corrected chi connectivity index (χ0v) is 36.4. The number of pyridine rings is 1. The lowest BCUT2D eigenvalue weighted by Crippen LogP contribution is -1.98. The Labute approximate surface area is 387 Å². The highest BCUT2D eigenvalue weighted by atomic mass is 15.5. The molecule has 0 saturated carbocycles. The zero-order valence-electron chi connectivity index (χ0n) is 36.4. The van der Waals surface area contributed by atoms with Crippen LogP contribution in [-0.2, 0) is 0 Å². The highest BCUT2D eigenvalue weighted by Crippen LogP contribution is 2.45. The van der Waals surface area contributed by atoms with Crippen LogP contribution in [0.3, 0.4) is 0 Å².